The van der Waals surface area contributed by atoms with Crippen LogP contribution in [0.5, 0.6) is 0 Å². The molecule has 2 heterocycles. The number of anilines is 1. The molecule has 0 aliphatic carbocycles. The quantitative estimate of drug-likeness (QED) is 0.683. The number of benzene rings is 1. The van der Waals surface area contributed by atoms with E-state index in [4.69, 9.17) is 10.5 Å². The normalized spacial score (nSPS) is 11.8. The summed E-state index contributed by atoms with van der Waals surface area (Å²) in [5.41, 5.74) is 7.54. The lowest BCUT2D eigenvalue weighted by Gasteiger charge is -2.21. The Morgan fingerprint density at radius 1 is 1.43 bits per heavy atom. The molecule has 2 aromatic heterocycles. The third-order valence-corrected chi connectivity index (χ3v) is 4.28. The number of methoxy groups -OCH3 is 1. The van der Waals surface area contributed by atoms with Crippen LogP contribution >= 0.6 is 15.9 Å². The summed E-state index contributed by atoms with van der Waals surface area (Å²) in [6.07, 6.45) is 3.50. The lowest BCUT2D eigenvalue weighted by molar-refractivity contribution is -0.150. The Balaban J connectivity index is 2.13. The van der Waals surface area contributed by atoms with E-state index in [2.05, 4.69) is 31.2 Å². The number of ether oxygens (including phenoxy) is 1. The molecule has 0 fully saturated rings. The van der Waals surface area contributed by atoms with Gasteiger partial charge in [0, 0.05) is 27.2 Å². The summed E-state index contributed by atoms with van der Waals surface area (Å²) < 4.78 is 7.30. The Bertz CT molecular complexity index is 897. The number of nitrogens with zero attached hydrogens (tertiary/aromatic N) is 3. The number of fused-ring (bicyclic) bond motifs is 1. The van der Waals surface area contributed by atoms with Gasteiger partial charge in [-0.2, -0.15) is 10.2 Å². The van der Waals surface area contributed by atoms with Gasteiger partial charge in [0.1, 0.15) is 0 Å². The summed E-state index contributed by atoms with van der Waals surface area (Å²) in [6, 6.07) is 3.85. The second-order valence-corrected chi connectivity index (χ2v) is 6.62. The predicted molar refractivity (Wildman–Crippen MR) is 90.8 cm³/mol. The van der Waals surface area contributed by atoms with Crippen LogP contribution in [0.1, 0.15) is 13.8 Å². The molecule has 3 N–H and O–H groups in total. The highest BCUT2D eigenvalue weighted by Gasteiger charge is 2.32. The summed E-state index contributed by atoms with van der Waals surface area (Å²) in [4.78, 5) is 11.9. The number of nitrogens with one attached hydrogen (secondary N) is 1. The SMILES string of the molecule is COC(=O)C(C)(C)n1cc(-c2cc(Br)cc3c(N)n[nH]c23)cn1. The van der Waals surface area contributed by atoms with Crippen LogP contribution in [0.2, 0.25) is 0 Å². The fourth-order valence-electron chi connectivity index (χ4n) is 2.44. The molecular formula is C15H16BrN5O2. The summed E-state index contributed by atoms with van der Waals surface area (Å²) in [5, 5.41) is 12.1. The van der Waals surface area contributed by atoms with Crippen LogP contribution in [0.3, 0.4) is 0 Å². The van der Waals surface area contributed by atoms with E-state index in [1.165, 1.54) is 7.11 Å². The highest BCUT2D eigenvalue weighted by Crippen LogP contribution is 2.33. The van der Waals surface area contributed by atoms with Crippen LogP contribution in [-0.2, 0) is 15.1 Å². The van der Waals surface area contributed by atoms with Crippen molar-refractivity contribution in [3.8, 4) is 11.1 Å². The van der Waals surface area contributed by atoms with Gasteiger partial charge < -0.3 is 10.5 Å². The van der Waals surface area contributed by atoms with Gasteiger partial charge in [-0.3, -0.25) is 9.78 Å². The number of esters is 1. The van der Waals surface area contributed by atoms with Crippen LogP contribution in [0.15, 0.2) is 29.0 Å². The van der Waals surface area contributed by atoms with Gasteiger partial charge in [0.2, 0.25) is 0 Å². The molecule has 0 saturated carbocycles. The summed E-state index contributed by atoms with van der Waals surface area (Å²) in [5.74, 6) is 0.0714. The maximum absolute atomic E-state index is 11.9. The van der Waals surface area contributed by atoms with Crippen molar-refractivity contribution in [2.45, 2.75) is 19.4 Å². The van der Waals surface area contributed by atoms with E-state index in [-0.39, 0.29) is 5.97 Å². The van der Waals surface area contributed by atoms with Gasteiger partial charge in [-0.1, -0.05) is 15.9 Å². The van der Waals surface area contributed by atoms with Gasteiger partial charge in [0.05, 0.1) is 18.8 Å². The number of aromatic nitrogens is 4. The van der Waals surface area contributed by atoms with Gasteiger partial charge in [0.15, 0.2) is 11.4 Å². The number of H-pyrrole nitrogens is 1. The number of hydrogen-bond acceptors (Lipinski definition) is 5. The number of nitrogens with two attached hydrogens (primary N) is 1. The van der Waals surface area contributed by atoms with E-state index in [0.29, 0.717) is 5.82 Å². The Kier molecular flexibility index (Phi) is 3.63. The maximum atomic E-state index is 11.9. The van der Waals surface area contributed by atoms with Crippen LogP contribution in [-0.4, -0.2) is 33.1 Å². The Morgan fingerprint density at radius 2 is 2.17 bits per heavy atom. The topological polar surface area (TPSA) is 98.8 Å². The van der Waals surface area contributed by atoms with Gasteiger partial charge in [-0.25, -0.2) is 4.79 Å². The first kappa shape index (κ1) is 15.5. The summed E-state index contributed by atoms with van der Waals surface area (Å²) in [7, 11) is 1.36. The number of nitrogen functional groups attached to an aromatic ring is 1. The van der Waals surface area contributed by atoms with E-state index >= 15 is 0 Å². The molecule has 0 unspecified atom stereocenters. The fourth-order valence-corrected chi connectivity index (χ4v) is 2.90. The summed E-state index contributed by atoms with van der Waals surface area (Å²) in [6.45, 7) is 3.50. The summed E-state index contributed by atoms with van der Waals surface area (Å²) >= 11 is 3.48. The third kappa shape index (κ3) is 2.48. The van der Waals surface area contributed by atoms with Crippen molar-refractivity contribution in [3.63, 3.8) is 0 Å². The van der Waals surface area contributed by atoms with Crippen LogP contribution in [0, 0.1) is 0 Å². The predicted octanol–water partition coefficient (Wildman–Crippen LogP) is 2.68. The smallest absolute Gasteiger partial charge is 0.333 e. The zero-order valence-electron chi connectivity index (χ0n) is 12.9. The average molecular weight is 378 g/mol. The van der Waals surface area contributed by atoms with Crippen molar-refractivity contribution < 1.29 is 9.53 Å². The molecule has 0 atom stereocenters. The number of aromatic amines is 1. The molecule has 0 radical (unpaired) electrons. The molecule has 0 amide bonds. The largest absolute Gasteiger partial charge is 0.467 e. The van der Waals surface area contributed by atoms with Gasteiger partial charge in [-0.05, 0) is 26.0 Å². The monoisotopic (exact) mass is 377 g/mol. The molecule has 120 valence electrons. The molecule has 8 heteroatoms. The van der Waals surface area contributed by atoms with Gasteiger partial charge >= 0.3 is 5.97 Å². The number of carbonyl (C=O) groups is 1. The third-order valence-electron chi connectivity index (χ3n) is 3.82. The number of hydrogen-bond donors (Lipinski definition) is 2. The highest BCUT2D eigenvalue weighted by molar-refractivity contribution is 9.10. The number of carbonyl (C=O) groups excluding carboxylic acids is 1. The molecule has 1 aromatic carbocycles. The van der Waals surface area contributed by atoms with E-state index < -0.39 is 5.54 Å². The highest BCUT2D eigenvalue weighted by atomic mass is 79.9. The van der Waals surface area contributed by atoms with Crippen molar-refractivity contribution in [1.29, 1.82) is 0 Å². The minimum atomic E-state index is -0.898. The lowest BCUT2D eigenvalue weighted by Crippen LogP contribution is -2.37. The molecule has 3 aromatic rings. The van der Waals surface area contributed by atoms with E-state index in [0.717, 1.165) is 26.5 Å². The molecule has 0 spiro atoms. The zero-order chi connectivity index (χ0) is 16.8. The van der Waals surface area contributed by atoms with Crippen molar-refractivity contribution in [1.82, 2.24) is 20.0 Å². The molecule has 3 rings (SSSR count). The van der Waals surface area contributed by atoms with Gasteiger partial charge in [-0.15, -0.1) is 0 Å². The molecule has 0 saturated heterocycles. The average Bonchev–Trinajstić information content (AvgIpc) is 3.14. The molecule has 0 aliphatic rings. The van der Waals surface area contributed by atoms with Crippen LogP contribution in [0.4, 0.5) is 5.82 Å². The van der Waals surface area contributed by atoms with E-state index in [1.54, 1.807) is 30.9 Å². The number of halogens is 1. The number of rotatable bonds is 3. The molecule has 23 heavy (non-hydrogen) atoms. The minimum absolute atomic E-state index is 0.364. The van der Waals surface area contributed by atoms with E-state index in [1.807, 2.05) is 12.1 Å². The lowest BCUT2D eigenvalue weighted by atomic mass is 10.0. The molecular weight excluding hydrogens is 362 g/mol. The molecule has 0 bridgehead atoms. The first-order valence-corrected chi connectivity index (χ1v) is 7.71. The van der Waals surface area contributed by atoms with Crippen LogP contribution < -0.4 is 5.73 Å². The van der Waals surface area contributed by atoms with Gasteiger partial charge in [0.25, 0.3) is 0 Å². The fraction of sp³-hybridized carbons (Fsp3) is 0.267. The Labute approximate surface area is 140 Å². The standard InChI is InChI=1S/C15H16BrN5O2/c1-15(2,14(22)23-3)21-7-8(6-18-21)10-4-9(16)5-11-12(10)19-20-13(11)17/h4-7H,1-3H3,(H3,17,19,20). The Hall–Kier alpha value is -2.35. The molecule has 7 nitrogen and oxygen atoms in total. The first-order valence-electron chi connectivity index (χ1n) is 6.91. The Morgan fingerprint density at radius 3 is 2.87 bits per heavy atom. The van der Waals surface area contributed by atoms with E-state index in [9.17, 15) is 4.79 Å². The second-order valence-electron chi connectivity index (χ2n) is 5.71. The van der Waals surface area contributed by atoms with Crippen molar-refractivity contribution in [2.75, 3.05) is 12.8 Å². The first-order chi connectivity index (χ1) is 10.8. The zero-order valence-corrected chi connectivity index (χ0v) is 14.5. The van der Waals surface area contributed by atoms with Crippen molar-refractivity contribution in [3.05, 3.63) is 29.0 Å². The van der Waals surface area contributed by atoms with Crippen molar-refractivity contribution in [2.24, 2.45) is 0 Å². The minimum Gasteiger partial charge on any atom is -0.467 e. The maximum Gasteiger partial charge on any atom is 0.333 e. The second kappa shape index (κ2) is 5.38. The van der Waals surface area contributed by atoms with Crippen LogP contribution in [0.25, 0.3) is 22.0 Å². The molecule has 0 aliphatic heterocycles. The van der Waals surface area contributed by atoms with Crippen molar-refractivity contribution >= 4 is 38.6 Å².